The van der Waals surface area contributed by atoms with Crippen molar-refractivity contribution < 1.29 is 26.7 Å². The van der Waals surface area contributed by atoms with Crippen LogP contribution in [-0.4, -0.2) is 42.9 Å². The fourth-order valence-electron chi connectivity index (χ4n) is 4.86. The molecule has 0 spiro atoms. The molecule has 220 valence electrons. The van der Waals surface area contributed by atoms with E-state index >= 15 is 4.39 Å². The molecule has 4 heterocycles. The molecule has 3 N–H and O–H groups in total. The number of carbonyl (C=O) groups excluding carboxylic acids is 1. The standard InChI is InChI=1S/C27H24F5N7O3/c1-12(35-19-10-34-38-23(40)20(19)27(30,31)32)6-14(28)11-39-5-4-13-7-16(18(29)8-15(13)24(39)41)21-33-9-17-22(36-21)37-25(42)26(17,2)3/h4-5,7-10,12,14H,6,11H2,1-3H3,(H2,35,38,40)(H,33,36,37,42). The van der Waals surface area contributed by atoms with Gasteiger partial charge < -0.3 is 15.2 Å². The van der Waals surface area contributed by atoms with E-state index in [-0.39, 0.29) is 34.9 Å². The van der Waals surface area contributed by atoms with Crippen LogP contribution in [0.3, 0.4) is 0 Å². The third-order valence-corrected chi connectivity index (χ3v) is 7.11. The number of benzene rings is 1. The molecule has 0 bridgehead atoms. The first-order valence-electron chi connectivity index (χ1n) is 12.7. The largest absolute Gasteiger partial charge is 0.423 e. The first-order chi connectivity index (χ1) is 19.7. The van der Waals surface area contributed by atoms with Gasteiger partial charge >= 0.3 is 6.18 Å². The number of fused-ring (bicyclic) bond motifs is 2. The van der Waals surface area contributed by atoms with Gasteiger partial charge in [-0.25, -0.2) is 23.8 Å². The number of rotatable bonds is 7. The number of anilines is 2. The first-order valence-corrected chi connectivity index (χ1v) is 12.7. The number of hydrogen-bond donors (Lipinski definition) is 3. The molecule has 0 saturated heterocycles. The Balaban J connectivity index is 1.34. The zero-order chi connectivity index (χ0) is 30.6. The summed E-state index contributed by atoms with van der Waals surface area (Å²) in [6.45, 7) is 4.39. The van der Waals surface area contributed by atoms with Crippen molar-refractivity contribution in [2.24, 2.45) is 0 Å². The monoisotopic (exact) mass is 589 g/mol. The topological polar surface area (TPSA) is 135 Å². The zero-order valence-corrected chi connectivity index (χ0v) is 22.4. The van der Waals surface area contributed by atoms with E-state index < -0.39 is 58.5 Å². The summed E-state index contributed by atoms with van der Waals surface area (Å²) in [5.74, 6) is -0.793. The van der Waals surface area contributed by atoms with E-state index in [4.69, 9.17) is 0 Å². The fourth-order valence-corrected chi connectivity index (χ4v) is 4.86. The van der Waals surface area contributed by atoms with Crippen molar-refractivity contribution in [3.8, 4) is 11.4 Å². The lowest BCUT2D eigenvalue weighted by atomic mass is 9.88. The Labute approximate surface area is 234 Å². The van der Waals surface area contributed by atoms with Crippen molar-refractivity contribution in [2.45, 2.75) is 57.5 Å². The minimum atomic E-state index is -4.96. The number of amides is 1. The SMILES string of the molecule is CC(CC(F)Cn1ccc2cc(-c3ncc4c(n3)NC(=O)C4(C)C)c(F)cc2c1=O)Nc1cn[nH]c(=O)c1C(F)(F)F. The number of alkyl halides is 4. The smallest absolute Gasteiger partial charge is 0.381 e. The predicted molar refractivity (Wildman–Crippen MR) is 143 cm³/mol. The quantitative estimate of drug-likeness (QED) is 0.276. The molecule has 2 unspecified atom stereocenters. The Morgan fingerprint density at radius 1 is 1.14 bits per heavy atom. The van der Waals surface area contributed by atoms with Gasteiger partial charge in [-0.2, -0.15) is 18.3 Å². The van der Waals surface area contributed by atoms with Gasteiger partial charge in [-0.05, 0) is 44.4 Å². The van der Waals surface area contributed by atoms with Gasteiger partial charge in [0.15, 0.2) is 5.82 Å². The highest BCUT2D eigenvalue weighted by Gasteiger charge is 2.40. The van der Waals surface area contributed by atoms with E-state index in [2.05, 4.69) is 25.7 Å². The number of carbonyl (C=O) groups is 1. The summed E-state index contributed by atoms with van der Waals surface area (Å²) in [5, 5.41) is 10.5. The molecular weight excluding hydrogens is 565 g/mol. The second-order valence-electron chi connectivity index (χ2n) is 10.6. The van der Waals surface area contributed by atoms with Gasteiger partial charge in [0.25, 0.3) is 11.1 Å². The van der Waals surface area contributed by atoms with Crippen LogP contribution in [0.4, 0.5) is 33.5 Å². The van der Waals surface area contributed by atoms with Crippen LogP contribution < -0.4 is 21.8 Å². The molecule has 3 aromatic heterocycles. The van der Waals surface area contributed by atoms with E-state index in [1.165, 1.54) is 31.5 Å². The lowest BCUT2D eigenvalue weighted by molar-refractivity contribution is -0.138. The summed E-state index contributed by atoms with van der Waals surface area (Å²) >= 11 is 0. The summed E-state index contributed by atoms with van der Waals surface area (Å²) in [4.78, 5) is 45.4. The Morgan fingerprint density at radius 2 is 1.88 bits per heavy atom. The Bertz CT molecular complexity index is 1830. The first kappa shape index (κ1) is 28.8. The van der Waals surface area contributed by atoms with Crippen molar-refractivity contribution in [3.63, 3.8) is 0 Å². The summed E-state index contributed by atoms with van der Waals surface area (Å²) in [5.41, 5.74) is -4.47. The van der Waals surface area contributed by atoms with Crippen molar-refractivity contribution in [3.05, 3.63) is 74.4 Å². The Morgan fingerprint density at radius 3 is 2.60 bits per heavy atom. The van der Waals surface area contributed by atoms with Crippen molar-refractivity contribution >= 4 is 28.2 Å². The summed E-state index contributed by atoms with van der Waals surface area (Å²) in [6, 6.07) is 3.00. The highest BCUT2D eigenvalue weighted by atomic mass is 19.4. The van der Waals surface area contributed by atoms with Crippen LogP contribution in [-0.2, 0) is 22.9 Å². The molecule has 42 heavy (non-hydrogen) atoms. The third-order valence-electron chi connectivity index (χ3n) is 7.11. The number of pyridine rings is 1. The second kappa shape index (κ2) is 10.3. The summed E-state index contributed by atoms with van der Waals surface area (Å²) < 4.78 is 71.0. The van der Waals surface area contributed by atoms with E-state index in [0.717, 1.165) is 16.8 Å². The molecule has 1 aliphatic rings. The van der Waals surface area contributed by atoms with Gasteiger partial charge in [0.2, 0.25) is 5.91 Å². The van der Waals surface area contributed by atoms with Crippen LogP contribution in [0.25, 0.3) is 22.2 Å². The highest BCUT2D eigenvalue weighted by molar-refractivity contribution is 6.04. The van der Waals surface area contributed by atoms with Gasteiger partial charge in [-0.1, -0.05) is 0 Å². The van der Waals surface area contributed by atoms with Gasteiger partial charge in [0.1, 0.15) is 23.4 Å². The molecule has 4 aromatic rings. The molecule has 0 radical (unpaired) electrons. The summed E-state index contributed by atoms with van der Waals surface area (Å²) in [6.07, 6.45) is -3.40. The van der Waals surface area contributed by atoms with Crippen LogP contribution in [0.5, 0.6) is 0 Å². The van der Waals surface area contributed by atoms with E-state index in [9.17, 15) is 31.9 Å². The minimum Gasteiger partial charge on any atom is -0.381 e. The number of nitrogens with zero attached hydrogens (tertiary/aromatic N) is 4. The number of halogens is 5. The summed E-state index contributed by atoms with van der Waals surface area (Å²) in [7, 11) is 0. The lowest BCUT2D eigenvalue weighted by Crippen LogP contribution is -2.30. The molecule has 2 atom stereocenters. The minimum absolute atomic E-state index is 0.00265. The maximum Gasteiger partial charge on any atom is 0.423 e. The van der Waals surface area contributed by atoms with E-state index in [1.54, 1.807) is 18.9 Å². The van der Waals surface area contributed by atoms with Crippen LogP contribution in [0.1, 0.15) is 38.3 Å². The van der Waals surface area contributed by atoms with Crippen molar-refractivity contribution in [1.82, 2.24) is 24.7 Å². The van der Waals surface area contributed by atoms with Gasteiger partial charge in [-0.15, -0.1) is 0 Å². The maximum absolute atomic E-state index is 15.2. The van der Waals surface area contributed by atoms with Gasteiger partial charge in [0.05, 0.1) is 34.8 Å². The fraction of sp³-hybridized carbons (Fsp3) is 0.333. The van der Waals surface area contributed by atoms with Crippen LogP contribution in [0.15, 0.2) is 46.4 Å². The number of nitrogens with one attached hydrogen (secondary N) is 3. The third kappa shape index (κ3) is 5.21. The molecule has 0 saturated carbocycles. The van der Waals surface area contributed by atoms with Gasteiger partial charge in [-0.3, -0.25) is 14.4 Å². The number of hydrogen-bond acceptors (Lipinski definition) is 7. The molecule has 15 heteroatoms. The maximum atomic E-state index is 15.2. The Hall–Kier alpha value is -4.69. The highest BCUT2D eigenvalue weighted by Crippen LogP contribution is 2.37. The van der Waals surface area contributed by atoms with Crippen LogP contribution in [0, 0.1) is 5.82 Å². The van der Waals surface area contributed by atoms with Crippen LogP contribution >= 0.6 is 0 Å². The van der Waals surface area contributed by atoms with Crippen LogP contribution in [0.2, 0.25) is 0 Å². The number of aromatic amines is 1. The average Bonchev–Trinajstić information content (AvgIpc) is 3.12. The molecule has 1 aliphatic heterocycles. The second-order valence-corrected chi connectivity index (χ2v) is 10.6. The Kier molecular flexibility index (Phi) is 7.07. The molecule has 5 rings (SSSR count). The molecule has 0 aliphatic carbocycles. The zero-order valence-electron chi connectivity index (χ0n) is 22.4. The normalized spacial score (nSPS) is 15.8. The van der Waals surface area contributed by atoms with Gasteiger partial charge in [0, 0.05) is 30.4 Å². The molecule has 1 amide bonds. The molecular formula is C27H24F5N7O3. The van der Waals surface area contributed by atoms with Crippen molar-refractivity contribution in [1.29, 1.82) is 0 Å². The molecule has 0 fully saturated rings. The van der Waals surface area contributed by atoms with E-state index in [0.29, 0.717) is 10.9 Å². The number of aromatic nitrogens is 5. The predicted octanol–water partition coefficient (Wildman–Crippen LogP) is 4.16. The number of H-pyrrole nitrogens is 1. The molecule has 10 nitrogen and oxygen atoms in total. The molecule has 1 aromatic carbocycles. The lowest BCUT2D eigenvalue weighted by Gasteiger charge is -2.20. The average molecular weight is 590 g/mol. The van der Waals surface area contributed by atoms with E-state index in [1.807, 2.05) is 0 Å². The van der Waals surface area contributed by atoms with Crippen molar-refractivity contribution in [2.75, 3.05) is 10.6 Å².